The van der Waals surface area contributed by atoms with Crippen LogP contribution in [0.3, 0.4) is 0 Å². The van der Waals surface area contributed by atoms with Gasteiger partial charge < -0.3 is 14.8 Å². The molecule has 0 saturated heterocycles. The molecule has 1 rings (SSSR count). The SMILES string of the molecule is C=C(CB(O)OC(C)(C)C(C)(C)O)c1ccccc1. The van der Waals surface area contributed by atoms with Crippen molar-refractivity contribution in [3.63, 3.8) is 0 Å². The first-order valence-corrected chi connectivity index (χ1v) is 6.45. The standard InChI is InChI=1S/C15H23BO3/c1-12(13-9-7-6-8-10-13)11-16(18)19-15(4,5)14(2,3)17/h6-10,17-18H,1,11H2,2-5H3. The second-order valence-electron chi connectivity index (χ2n) is 5.82. The van der Waals surface area contributed by atoms with Gasteiger partial charge in [-0.1, -0.05) is 36.9 Å². The van der Waals surface area contributed by atoms with Crippen molar-refractivity contribution in [2.24, 2.45) is 0 Å². The maximum absolute atomic E-state index is 9.99. The molecule has 0 aliphatic carbocycles. The normalized spacial score (nSPS) is 12.3. The van der Waals surface area contributed by atoms with Gasteiger partial charge in [-0.25, -0.2) is 0 Å². The van der Waals surface area contributed by atoms with E-state index in [1.807, 2.05) is 30.3 Å². The average molecular weight is 262 g/mol. The molecule has 0 unspecified atom stereocenters. The summed E-state index contributed by atoms with van der Waals surface area (Å²) in [7, 11) is -0.992. The molecule has 1 aromatic carbocycles. The fourth-order valence-corrected chi connectivity index (χ4v) is 1.53. The Morgan fingerprint density at radius 1 is 1.21 bits per heavy atom. The largest absolute Gasteiger partial charge is 0.459 e. The van der Waals surface area contributed by atoms with E-state index in [0.717, 1.165) is 11.1 Å². The zero-order chi connectivity index (χ0) is 14.7. The van der Waals surface area contributed by atoms with Crippen molar-refractivity contribution >= 4 is 12.7 Å². The maximum atomic E-state index is 9.99. The van der Waals surface area contributed by atoms with Crippen molar-refractivity contribution in [3.05, 3.63) is 42.5 Å². The monoisotopic (exact) mass is 262 g/mol. The number of rotatable bonds is 6. The van der Waals surface area contributed by atoms with E-state index in [1.54, 1.807) is 27.7 Å². The minimum Gasteiger partial charge on any atom is -0.427 e. The summed E-state index contributed by atoms with van der Waals surface area (Å²) in [4.78, 5) is 0. The Hall–Kier alpha value is -1.10. The summed E-state index contributed by atoms with van der Waals surface area (Å²) < 4.78 is 5.54. The van der Waals surface area contributed by atoms with Gasteiger partial charge in [-0.2, -0.15) is 0 Å². The predicted molar refractivity (Wildman–Crippen MR) is 79.7 cm³/mol. The molecule has 0 saturated carbocycles. The van der Waals surface area contributed by atoms with E-state index < -0.39 is 18.3 Å². The fourth-order valence-electron chi connectivity index (χ4n) is 1.53. The van der Waals surface area contributed by atoms with Crippen molar-refractivity contribution in [1.82, 2.24) is 0 Å². The van der Waals surface area contributed by atoms with Gasteiger partial charge in [0.1, 0.15) is 0 Å². The third-order valence-electron chi connectivity index (χ3n) is 3.51. The molecule has 0 radical (unpaired) electrons. The van der Waals surface area contributed by atoms with Gasteiger partial charge in [0, 0.05) is 6.32 Å². The summed E-state index contributed by atoms with van der Waals surface area (Å²) >= 11 is 0. The van der Waals surface area contributed by atoms with Gasteiger partial charge in [-0.15, -0.1) is 0 Å². The van der Waals surface area contributed by atoms with Crippen LogP contribution in [0.2, 0.25) is 6.32 Å². The van der Waals surface area contributed by atoms with Crippen LogP contribution in [0.4, 0.5) is 0 Å². The molecule has 104 valence electrons. The van der Waals surface area contributed by atoms with E-state index in [-0.39, 0.29) is 0 Å². The van der Waals surface area contributed by atoms with E-state index in [4.69, 9.17) is 4.65 Å². The smallest absolute Gasteiger partial charge is 0.427 e. The summed E-state index contributed by atoms with van der Waals surface area (Å²) in [5.74, 6) is 0. The lowest BCUT2D eigenvalue weighted by atomic mass is 9.76. The van der Waals surface area contributed by atoms with Crippen LogP contribution in [0.15, 0.2) is 36.9 Å². The van der Waals surface area contributed by atoms with Crippen LogP contribution in [0.1, 0.15) is 33.3 Å². The highest BCUT2D eigenvalue weighted by Gasteiger charge is 2.38. The molecule has 0 spiro atoms. The third-order valence-corrected chi connectivity index (χ3v) is 3.51. The van der Waals surface area contributed by atoms with E-state index in [9.17, 15) is 10.1 Å². The van der Waals surface area contributed by atoms with Crippen molar-refractivity contribution in [2.75, 3.05) is 0 Å². The molecule has 0 amide bonds. The van der Waals surface area contributed by atoms with Crippen LogP contribution in [-0.4, -0.2) is 28.5 Å². The van der Waals surface area contributed by atoms with Crippen LogP contribution in [0.25, 0.3) is 5.57 Å². The summed E-state index contributed by atoms with van der Waals surface area (Å²) in [6.45, 7) is 10.8. The Labute approximate surface area is 116 Å². The lowest BCUT2D eigenvalue weighted by Gasteiger charge is -2.38. The number of allylic oxidation sites excluding steroid dienone is 1. The summed E-state index contributed by atoms with van der Waals surface area (Å²) in [5, 5.41) is 20.0. The van der Waals surface area contributed by atoms with E-state index in [0.29, 0.717) is 6.32 Å². The zero-order valence-corrected chi connectivity index (χ0v) is 12.2. The van der Waals surface area contributed by atoms with Crippen molar-refractivity contribution in [3.8, 4) is 0 Å². The highest BCUT2D eigenvalue weighted by molar-refractivity contribution is 6.45. The highest BCUT2D eigenvalue weighted by atomic mass is 16.5. The molecule has 4 heteroatoms. The van der Waals surface area contributed by atoms with Gasteiger partial charge in [-0.3, -0.25) is 0 Å². The second-order valence-corrected chi connectivity index (χ2v) is 5.82. The molecule has 3 nitrogen and oxygen atoms in total. The molecular weight excluding hydrogens is 239 g/mol. The Kier molecular flexibility index (Phi) is 4.96. The minimum absolute atomic E-state index is 0.309. The minimum atomic E-state index is -1.04. The van der Waals surface area contributed by atoms with E-state index in [1.165, 1.54) is 0 Å². The lowest BCUT2D eigenvalue weighted by Crippen LogP contribution is -2.50. The predicted octanol–water partition coefficient (Wildman–Crippen LogP) is 2.75. The molecule has 1 aromatic rings. The van der Waals surface area contributed by atoms with E-state index in [2.05, 4.69) is 6.58 Å². The number of hydrogen-bond donors (Lipinski definition) is 2. The zero-order valence-electron chi connectivity index (χ0n) is 12.2. The molecule has 0 atom stereocenters. The topological polar surface area (TPSA) is 49.7 Å². The summed E-state index contributed by atoms with van der Waals surface area (Å²) in [6, 6.07) is 9.66. The first kappa shape index (κ1) is 16.0. The number of benzene rings is 1. The van der Waals surface area contributed by atoms with Gasteiger partial charge in [-0.05, 0) is 38.8 Å². The first-order valence-electron chi connectivity index (χ1n) is 6.45. The van der Waals surface area contributed by atoms with Gasteiger partial charge in [0.25, 0.3) is 0 Å². The number of aliphatic hydroxyl groups is 1. The van der Waals surface area contributed by atoms with Gasteiger partial charge >= 0.3 is 7.12 Å². The van der Waals surface area contributed by atoms with Crippen LogP contribution < -0.4 is 0 Å². The summed E-state index contributed by atoms with van der Waals surface area (Å²) in [6.07, 6.45) is 0.309. The second kappa shape index (κ2) is 5.91. The highest BCUT2D eigenvalue weighted by Crippen LogP contribution is 2.27. The molecule has 0 fully saturated rings. The van der Waals surface area contributed by atoms with Crippen LogP contribution in [0, 0.1) is 0 Å². The van der Waals surface area contributed by atoms with Gasteiger partial charge in [0.15, 0.2) is 0 Å². The lowest BCUT2D eigenvalue weighted by molar-refractivity contribution is -0.0996. The average Bonchev–Trinajstić information content (AvgIpc) is 2.27. The molecule has 19 heavy (non-hydrogen) atoms. The fraction of sp³-hybridized carbons (Fsp3) is 0.467. The molecule has 2 N–H and O–H groups in total. The molecule has 0 bridgehead atoms. The molecular formula is C15H23BO3. The van der Waals surface area contributed by atoms with E-state index >= 15 is 0 Å². The Morgan fingerprint density at radius 2 is 1.74 bits per heavy atom. The summed E-state index contributed by atoms with van der Waals surface area (Å²) in [5.41, 5.74) is -0.100. The Bertz CT molecular complexity index is 421. The Morgan fingerprint density at radius 3 is 2.21 bits per heavy atom. The third kappa shape index (κ3) is 4.49. The van der Waals surface area contributed by atoms with Gasteiger partial charge in [0.2, 0.25) is 0 Å². The molecule has 0 heterocycles. The molecule has 0 aliphatic heterocycles. The van der Waals surface area contributed by atoms with Crippen molar-refractivity contribution in [2.45, 2.75) is 45.2 Å². The first-order chi connectivity index (χ1) is 8.63. The van der Waals surface area contributed by atoms with Crippen molar-refractivity contribution < 1.29 is 14.8 Å². The van der Waals surface area contributed by atoms with Gasteiger partial charge in [0.05, 0.1) is 11.2 Å². The van der Waals surface area contributed by atoms with Crippen LogP contribution >= 0.6 is 0 Å². The molecule has 0 aliphatic rings. The quantitative estimate of drug-likeness (QED) is 0.775. The van der Waals surface area contributed by atoms with Crippen LogP contribution in [0.5, 0.6) is 0 Å². The van der Waals surface area contributed by atoms with Crippen LogP contribution in [-0.2, 0) is 4.65 Å². The maximum Gasteiger partial charge on any atom is 0.459 e. The van der Waals surface area contributed by atoms with Crippen molar-refractivity contribution in [1.29, 1.82) is 0 Å². The Balaban J connectivity index is 2.62. The number of hydrogen-bond acceptors (Lipinski definition) is 3. The molecule has 0 aromatic heterocycles.